The third-order valence-corrected chi connectivity index (χ3v) is 5.60. The van der Waals surface area contributed by atoms with Gasteiger partial charge in [0, 0.05) is 10.7 Å². The number of hydrogen-bond donors (Lipinski definition) is 2. The highest BCUT2D eigenvalue weighted by Crippen LogP contribution is 2.33. The van der Waals surface area contributed by atoms with Crippen LogP contribution in [0.1, 0.15) is 21.5 Å². The maximum atomic E-state index is 13.4. The Labute approximate surface area is 178 Å². The second-order valence-corrected chi connectivity index (χ2v) is 8.61. The highest BCUT2D eigenvalue weighted by Gasteiger charge is 2.18. The number of anilines is 1. The summed E-state index contributed by atoms with van der Waals surface area (Å²) >= 11 is 6.19. The van der Waals surface area contributed by atoms with Crippen molar-refractivity contribution < 1.29 is 22.3 Å². The van der Waals surface area contributed by atoms with Gasteiger partial charge in [0.1, 0.15) is 17.3 Å². The minimum absolute atomic E-state index is 0.121. The zero-order valence-electron chi connectivity index (χ0n) is 16.1. The Hall–Kier alpha value is -2.94. The molecule has 0 saturated carbocycles. The molecule has 0 saturated heterocycles. The van der Waals surface area contributed by atoms with Crippen LogP contribution in [0, 0.1) is 19.7 Å². The van der Waals surface area contributed by atoms with E-state index in [9.17, 15) is 17.6 Å². The Kier molecular flexibility index (Phi) is 6.12. The summed E-state index contributed by atoms with van der Waals surface area (Å²) in [5.74, 6) is -0.381. The maximum absolute atomic E-state index is 13.4. The van der Waals surface area contributed by atoms with Crippen LogP contribution in [-0.4, -0.2) is 14.3 Å². The van der Waals surface area contributed by atoms with Gasteiger partial charge >= 0.3 is 0 Å². The summed E-state index contributed by atoms with van der Waals surface area (Å²) in [5, 5.41) is 8.09. The van der Waals surface area contributed by atoms with Crippen LogP contribution in [0.4, 0.5) is 10.1 Å². The molecule has 156 valence electrons. The van der Waals surface area contributed by atoms with Gasteiger partial charge < -0.3 is 10.1 Å². The van der Waals surface area contributed by atoms with Crippen molar-refractivity contribution in [2.45, 2.75) is 18.7 Å². The summed E-state index contributed by atoms with van der Waals surface area (Å²) in [6.07, 6.45) is 0. The van der Waals surface area contributed by atoms with E-state index in [0.29, 0.717) is 21.9 Å². The molecular formula is C21H18ClFN2O4S. The zero-order chi connectivity index (χ0) is 22.1. The van der Waals surface area contributed by atoms with Gasteiger partial charge in [0.05, 0.1) is 10.5 Å². The molecule has 9 heteroatoms. The molecular weight excluding hydrogens is 431 g/mol. The molecule has 30 heavy (non-hydrogen) atoms. The first-order valence-corrected chi connectivity index (χ1v) is 10.7. The van der Waals surface area contributed by atoms with Crippen LogP contribution < -0.4 is 15.2 Å². The molecule has 6 nitrogen and oxygen atoms in total. The van der Waals surface area contributed by atoms with Crippen molar-refractivity contribution in [1.29, 1.82) is 0 Å². The van der Waals surface area contributed by atoms with Gasteiger partial charge in [-0.15, -0.1) is 0 Å². The second kappa shape index (κ2) is 8.43. The molecule has 3 aromatic rings. The number of primary sulfonamides is 1. The van der Waals surface area contributed by atoms with Gasteiger partial charge in [-0.25, -0.2) is 17.9 Å². The average Bonchev–Trinajstić information content (AvgIpc) is 2.66. The third kappa shape index (κ3) is 4.96. The number of halogens is 2. The van der Waals surface area contributed by atoms with E-state index in [0.717, 1.165) is 0 Å². The van der Waals surface area contributed by atoms with Crippen LogP contribution in [0.25, 0.3) is 0 Å². The molecule has 3 N–H and O–H groups in total. The molecule has 0 bridgehead atoms. The molecule has 0 unspecified atom stereocenters. The normalized spacial score (nSPS) is 11.2. The molecule has 0 aliphatic carbocycles. The summed E-state index contributed by atoms with van der Waals surface area (Å²) in [6, 6.07) is 12.6. The number of rotatable bonds is 5. The lowest BCUT2D eigenvalue weighted by Gasteiger charge is -2.15. The Bertz CT molecular complexity index is 1250. The smallest absolute Gasteiger partial charge is 0.259 e. The van der Waals surface area contributed by atoms with Crippen molar-refractivity contribution in [3.63, 3.8) is 0 Å². The van der Waals surface area contributed by atoms with E-state index in [1.165, 1.54) is 48.5 Å². The summed E-state index contributed by atoms with van der Waals surface area (Å²) in [4.78, 5) is 12.8. The van der Waals surface area contributed by atoms with E-state index in [1.807, 2.05) is 0 Å². The molecule has 3 aromatic carbocycles. The lowest BCUT2D eigenvalue weighted by Crippen LogP contribution is -2.15. The van der Waals surface area contributed by atoms with Crippen LogP contribution in [-0.2, 0) is 10.0 Å². The van der Waals surface area contributed by atoms with Crippen LogP contribution >= 0.6 is 11.6 Å². The summed E-state index contributed by atoms with van der Waals surface area (Å²) in [7, 11) is -3.92. The highest BCUT2D eigenvalue weighted by molar-refractivity contribution is 7.89. The predicted octanol–water partition coefficient (Wildman–Crippen LogP) is 4.79. The lowest BCUT2D eigenvalue weighted by atomic mass is 10.1. The van der Waals surface area contributed by atoms with Crippen molar-refractivity contribution in [2.75, 3.05) is 5.32 Å². The number of aryl methyl sites for hydroxylation is 2. The molecule has 0 radical (unpaired) electrons. The minimum Gasteiger partial charge on any atom is -0.456 e. The minimum atomic E-state index is -3.92. The van der Waals surface area contributed by atoms with Crippen LogP contribution in [0.2, 0.25) is 5.02 Å². The van der Waals surface area contributed by atoms with Crippen molar-refractivity contribution in [3.8, 4) is 11.5 Å². The van der Waals surface area contributed by atoms with E-state index in [4.69, 9.17) is 21.5 Å². The number of sulfonamides is 1. The molecule has 3 rings (SSSR count). The molecule has 0 heterocycles. The van der Waals surface area contributed by atoms with Gasteiger partial charge in [0.2, 0.25) is 10.0 Å². The number of ether oxygens (including phenoxy) is 1. The van der Waals surface area contributed by atoms with Gasteiger partial charge in [0.25, 0.3) is 5.91 Å². The number of nitrogens with one attached hydrogen (secondary N) is 1. The zero-order valence-corrected chi connectivity index (χ0v) is 17.6. The van der Waals surface area contributed by atoms with Gasteiger partial charge in [-0.1, -0.05) is 17.7 Å². The van der Waals surface area contributed by atoms with Crippen molar-refractivity contribution >= 4 is 33.2 Å². The predicted molar refractivity (Wildman–Crippen MR) is 113 cm³/mol. The largest absolute Gasteiger partial charge is 0.456 e. The highest BCUT2D eigenvalue weighted by atomic mass is 35.5. The molecule has 0 aliphatic rings. The van der Waals surface area contributed by atoms with Crippen molar-refractivity contribution in [1.82, 2.24) is 0 Å². The van der Waals surface area contributed by atoms with Crippen LogP contribution in [0.15, 0.2) is 59.5 Å². The third-order valence-electron chi connectivity index (χ3n) is 4.28. The molecule has 1 amide bonds. The Morgan fingerprint density at radius 2 is 1.77 bits per heavy atom. The van der Waals surface area contributed by atoms with Crippen LogP contribution in [0.5, 0.6) is 11.5 Å². The maximum Gasteiger partial charge on any atom is 0.259 e. The molecule has 0 atom stereocenters. The summed E-state index contributed by atoms with van der Waals surface area (Å²) in [5.41, 5.74) is 1.58. The quantitative estimate of drug-likeness (QED) is 0.586. The SMILES string of the molecule is Cc1cc(Oc2ccc(F)cc2C)c(C(=O)Nc2cccc(S(N)(=O)=O)c2)cc1Cl. The number of hydrogen-bond acceptors (Lipinski definition) is 4. The Balaban J connectivity index is 1.97. The fourth-order valence-corrected chi connectivity index (χ4v) is 3.44. The average molecular weight is 449 g/mol. The van der Waals surface area contributed by atoms with E-state index in [2.05, 4.69) is 5.32 Å². The molecule has 0 aromatic heterocycles. The Morgan fingerprint density at radius 1 is 1.03 bits per heavy atom. The first kappa shape index (κ1) is 21.8. The topological polar surface area (TPSA) is 98.5 Å². The van der Waals surface area contributed by atoms with Gasteiger partial charge in [-0.2, -0.15) is 0 Å². The fourth-order valence-electron chi connectivity index (χ4n) is 2.71. The lowest BCUT2D eigenvalue weighted by molar-refractivity contribution is 0.102. The monoisotopic (exact) mass is 448 g/mol. The van der Waals surface area contributed by atoms with Crippen LogP contribution in [0.3, 0.4) is 0 Å². The summed E-state index contributed by atoms with van der Waals surface area (Å²) < 4.78 is 42.3. The first-order chi connectivity index (χ1) is 14.0. The van der Waals surface area contributed by atoms with Crippen molar-refractivity contribution in [3.05, 3.63) is 82.1 Å². The number of amides is 1. The van der Waals surface area contributed by atoms with Gasteiger partial charge in [0.15, 0.2) is 0 Å². The van der Waals surface area contributed by atoms with Gasteiger partial charge in [-0.05, 0) is 73.5 Å². The second-order valence-electron chi connectivity index (χ2n) is 6.64. The standard InChI is InChI=1S/C21H18ClFN2O4S/c1-12-9-20(29-19-7-6-14(23)8-13(19)2)17(11-18(12)22)21(26)25-15-4-3-5-16(10-15)30(24,27)28/h3-11H,1-2H3,(H,25,26)(H2,24,27,28). The number of carbonyl (C=O) groups excluding carboxylic acids is 1. The van der Waals surface area contributed by atoms with E-state index < -0.39 is 21.7 Å². The van der Waals surface area contributed by atoms with Gasteiger partial charge in [-0.3, -0.25) is 4.79 Å². The van der Waals surface area contributed by atoms with E-state index in [-0.39, 0.29) is 21.9 Å². The van der Waals surface area contributed by atoms with E-state index >= 15 is 0 Å². The number of benzene rings is 3. The Morgan fingerprint density at radius 3 is 2.43 bits per heavy atom. The number of nitrogens with two attached hydrogens (primary N) is 1. The molecule has 0 aliphatic heterocycles. The summed E-state index contributed by atoms with van der Waals surface area (Å²) in [6.45, 7) is 3.43. The van der Waals surface area contributed by atoms with E-state index in [1.54, 1.807) is 19.9 Å². The van der Waals surface area contributed by atoms with Crippen molar-refractivity contribution in [2.24, 2.45) is 5.14 Å². The first-order valence-electron chi connectivity index (χ1n) is 8.73. The fraction of sp³-hybridized carbons (Fsp3) is 0.0952. The number of carbonyl (C=O) groups is 1. The molecule has 0 spiro atoms. The molecule has 0 fully saturated rings.